The maximum Gasteiger partial charge on any atom is 0.223 e. The second-order valence-corrected chi connectivity index (χ2v) is 6.81. The van der Waals surface area contributed by atoms with E-state index in [1.54, 1.807) is 0 Å². The summed E-state index contributed by atoms with van der Waals surface area (Å²) in [6.45, 7) is 7.59. The van der Waals surface area contributed by atoms with Crippen molar-refractivity contribution in [1.82, 2.24) is 19.8 Å². The zero-order valence-electron chi connectivity index (χ0n) is 14.4. The molecule has 1 unspecified atom stereocenters. The summed E-state index contributed by atoms with van der Waals surface area (Å²) in [6.07, 6.45) is 5.81. The van der Waals surface area contributed by atoms with Crippen molar-refractivity contribution in [2.45, 2.75) is 32.4 Å². The minimum atomic E-state index is -0.209. The number of carbonyl (C=O) groups is 1. The van der Waals surface area contributed by atoms with Crippen LogP contribution in [0.15, 0.2) is 12.4 Å². The van der Waals surface area contributed by atoms with E-state index in [0.717, 1.165) is 63.6 Å². The van der Waals surface area contributed by atoms with Crippen LogP contribution in [0.25, 0.3) is 0 Å². The molecule has 7 heteroatoms. The largest absolute Gasteiger partial charge is 0.381 e. The normalized spacial score (nSPS) is 24.6. The highest BCUT2D eigenvalue weighted by atomic mass is 16.5. The molecular weight excluding hydrogens is 306 g/mol. The summed E-state index contributed by atoms with van der Waals surface area (Å²) in [5, 5.41) is 0. The summed E-state index contributed by atoms with van der Waals surface area (Å²) in [7, 11) is 0. The van der Waals surface area contributed by atoms with Crippen LogP contribution in [0, 0.1) is 12.8 Å². The zero-order valence-corrected chi connectivity index (χ0v) is 14.4. The quantitative estimate of drug-likeness (QED) is 0.846. The number of ether oxygens (including phenoxy) is 1. The fraction of sp³-hybridized carbons (Fsp3) is 0.706. The molecule has 2 aliphatic rings. The molecule has 0 saturated carbocycles. The van der Waals surface area contributed by atoms with Gasteiger partial charge < -0.3 is 10.5 Å². The van der Waals surface area contributed by atoms with Crippen molar-refractivity contribution in [3.05, 3.63) is 23.8 Å². The number of hydrogen-bond donors (Lipinski definition) is 1. The molecule has 2 saturated heterocycles. The van der Waals surface area contributed by atoms with Gasteiger partial charge in [0.05, 0.1) is 5.92 Å². The summed E-state index contributed by atoms with van der Waals surface area (Å²) in [4.78, 5) is 25.1. The van der Waals surface area contributed by atoms with Gasteiger partial charge in [-0.25, -0.2) is 9.97 Å². The third-order valence-electron chi connectivity index (χ3n) is 4.99. The average Bonchev–Trinajstić information content (AvgIpc) is 2.81. The van der Waals surface area contributed by atoms with Crippen LogP contribution >= 0.6 is 0 Å². The van der Waals surface area contributed by atoms with Gasteiger partial charge in [-0.15, -0.1) is 0 Å². The Balaban J connectivity index is 1.66. The Kier molecular flexibility index (Phi) is 5.76. The van der Waals surface area contributed by atoms with Gasteiger partial charge in [0.2, 0.25) is 5.91 Å². The highest BCUT2D eigenvalue weighted by Gasteiger charge is 2.30. The Labute approximate surface area is 143 Å². The van der Waals surface area contributed by atoms with Crippen molar-refractivity contribution in [2.75, 3.05) is 39.4 Å². The van der Waals surface area contributed by atoms with Gasteiger partial charge in [0.15, 0.2) is 0 Å². The van der Waals surface area contributed by atoms with Crippen LogP contribution in [0.3, 0.4) is 0 Å². The molecule has 1 atom stereocenters. The van der Waals surface area contributed by atoms with Crippen LogP contribution in [0.1, 0.15) is 24.2 Å². The second-order valence-electron chi connectivity index (χ2n) is 6.81. The lowest BCUT2D eigenvalue weighted by Gasteiger charge is -2.34. The van der Waals surface area contributed by atoms with Crippen LogP contribution in [0.2, 0.25) is 0 Å². The van der Waals surface area contributed by atoms with Crippen molar-refractivity contribution in [2.24, 2.45) is 11.7 Å². The summed E-state index contributed by atoms with van der Waals surface area (Å²) in [6, 6.07) is 0.503. The first-order valence-electron chi connectivity index (χ1n) is 8.73. The average molecular weight is 333 g/mol. The maximum atomic E-state index is 11.9. The van der Waals surface area contributed by atoms with Gasteiger partial charge in [-0.3, -0.25) is 14.6 Å². The Hall–Kier alpha value is -1.57. The number of nitrogens with zero attached hydrogens (tertiary/aromatic N) is 4. The zero-order chi connectivity index (χ0) is 16.9. The Morgan fingerprint density at radius 2 is 1.96 bits per heavy atom. The number of carbonyl (C=O) groups excluding carboxylic acids is 1. The van der Waals surface area contributed by atoms with Gasteiger partial charge >= 0.3 is 0 Å². The SMILES string of the molecule is Cc1ncc(CN2CCN(C3CCOCC3)CC(C(N)=O)C2)cn1. The van der Waals surface area contributed by atoms with E-state index in [0.29, 0.717) is 12.6 Å². The van der Waals surface area contributed by atoms with E-state index in [4.69, 9.17) is 10.5 Å². The molecule has 3 heterocycles. The van der Waals surface area contributed by atoms with E-state index in [1.807, 2.05) is 19.3 Å². The van der Waals surface area contributed by atoms with Crippen molar-refractivity contribution >= 4 is 5.91 Å². The summed E-state index contributed by atoms with van der Waals surface area (Å²) in [5.41, 5.74) is 6.73. The molecule has 7 nitrogen and oxygen atoms in total. The van der Waals surface area contributed by atoms with Gasteiger partial charge in [-0.2, -0.15) is 0 Å². The van der Waals surface area contributed by atoms with E-state index in [-0.39, 0.29) is 11.8 Å². The number of rotatable bonds is 4. The van der Waals surface area contributed by atoms with E-state index < -0.39 is 0 Å². The van der Waals surface area contributed by atoms with Crippen LogP contribution in [-0.2, 0) is 16.1 Å². The van der Waals surface area contributed by atoms with Crippen LogP contribution in [0.5, 0.6) is 0 Å². The minimum absolute atomic E-state index is 0.137. The van der Waals surface area contributed by atoms with Gasteiger partial charge in [0, 0.05) is 69.9 Å². The molecule has 2 N–H and O–H groups in total. The molecule has 0 bridgehead atoms. The van der Waals surface area contributed by atoms with Crippen molar-refractivity contribution in [1.29, 1.82) is 0 Å². The van der Waals surface area contributed by atoms with Crippen molar-refractivity contribution in [3.8, 4) is 0 Å². The van der Waals surface area contributed by atoms with Gasteiger partial charge in [-0.1, -0.05) is 0 Å². The van der Waals surface area contributed by atoms with Crippen molar-refractivity contribution < 1.29 is 9.53 Å². The first kappa shape index (κ1) is 17.3. The third kappa shape index (κ3) is 4.49. The number of aryl methyl sites for hydroxylation is 1. The van der Waals surface area contributed by atoms with Gasteiger partial charge in [-0.05, 0) is 19.8 Å². The number of amides is 1. The predicted molar refractivity (Wildman–Crippen MR) is 90.1 cm³/mol. The molecule has 3 rings (SSSR count). The Morgan fingerprint density at radius 1 is 1.25 bits per heavy atom. The smallest absolute Gasteiger partial charge is 0.223 e. The Morgan fingerprint density at radius 3 is 2.62 bits per heavy atom. The van der Waals surface area contributed by atoms with Crippen LogP contribution < -0.4 is 5.73 Å². The number of hydrogen-bond acceptors (Lipinski definition) is 6. The van der Waals surface area contributed by atoms with Gasteiger partial charge in [0.1, 0.15) is 5.82 Å². The fourth-order valence-electron chi connectivity index (χ4n) is 3.57. The molecule has 132 valence electrons. The standard InChI is InChI=1S/C17H27N5O2/c1-13-19-8-14(9-20-13)10-21-4-5-22(12-15(11-21)17(18)23)16-2-6-24-7-3-16/h8-9,15-16H,2-7,10-12H2,1H3,(H2,18,23). The molecule has 2 aliphatic heterocycles. The van der Waals surface area contributed by atoms with Crippen LogP contribution in [0.4, 0.5) is 0 Å². The molecule has 1 amide bonds. The number of primary amides is 1. The lowest BCUT2D eigenvalue weighted by molar-refractivity contribution is -0.122. The second kappa shape index (κ2) is 8.00. The lowest BCUT2D eigenvalue weighted by atomic mass is 10.0. The third-order valence-corrected chi connectivity index (χ3v) is 4.99. The summed E-state index contributed by atoms with van der Waals surface area (Å²) < 4.78 is 5.46. The monoisotopic (exact) mass is 333 g/mol. The molecular formula is C17H27N5O2. The lowest BCUT2D eigenvalue weighted by Crippen LogP contribution is -2.44. The fourth-order valence-corrected chi connectivity index (χ4v) is 3.57. The van der Waals surface area contributed by atoms with Gasteiger partial charge in [0.25, 0.3) is 0 Å². The van der Waals surface area contributed by atoms with E-state index in [2.05, 4.69) is 19.8 Å². The van der Waals surface area contributed by atoms with Crippen LogP contribution in [-0.4, -0.2) is 71.1 Å². The molecule has 24 heavy (non-hydrogen) atoms. The molecule has 0 radical (unpaired) electrons. The molecule has 2 fully saturated rings. The van der Waals surface area contributed by atoms with Crippen molar-refractivity contribution in [3.63, 3.8) is 0 Å². The Bertz CT molecular complexity index is 544. The summed E-state index contributed by atoms with van der Waals surface area (Å²) >= 11 is 0. The topological polar surface area (TPSA) is 84.6 Å². The van der Waals surface area contributed by atoms with E-state index >= 15 is 0 Å². The molecule has 0 aliphatic carbocycles. The highest BCUT2D eigenvalue weighted by molar-refractivity contribution is 5.77. The molecule has 0 spiro atoms. The first-order chi connectivity index (χ1) is 11.6. The van der Waals surface area contributed by atoms with E-state index in [1.165, 1.54) is 0 Å². The minimum Gasteiger partial charge on any atom is -0.381 e. The summed E-state index contributed by atoms with van der Waals surface area (Å²) in [5.74, 6) is 0.427. The van der Waals surface area contributed by atoms with E-state index in [9.17, 15) is 4.79 Å². The predicted octanol–water partition coefficient (Wildman–Crippen LogP) is 0.183. The number of nitrogens with two attached hydrogens (primary N) is 1. The maximum absolute atomic E-state index is 11.9. The highest BCUT2D eigenvalue weighted by Crippen LogP contribution is 2.20. The molecule has 1 aromatic heterocycles. The molecule has 1 aromatic rings. The first-order valence-corrected chi connectivity index (χ1v) is 8.73. The number of aromatic nitrogens is 2. The molecule has 0 aromatic carbocycles.